The summed E-state index contributed by atoms with van der Waals surface area (Å²) in [6.45, 7) is 4.63. The summed E-state index contributed by atoms with van der Waals surface area (Å²) >= 11 is 0. The number of hydrogen-bond donors (Lipinski definition) is 0. The van der Waals surface area contributed by atoms with Gasteiger partial charge >= 0.3 is 5.97 Å². The maximum absolute atomic E-state index is 11.3. The average molecular weight is 259 g/mol. The Kier molecular flexibility index (Phi) is 6.17. The van der Waals surface area contributed by atoms with Crippen molar-refractivity contribution < 1.29 is 14.3 Å². The summed E-state index contributed by atoms with van der Waals surface area (Å²) < 4.78 is 10.2. The van der Waals surface area contributed by atoms with E-state index >= 15 is 0 Å². The molecule has 1 aromatic carbocycles. The largest absolute Gasteiger partial charge is 0.494 e. The van der Waals surface area contributed by atoms with E-state index in [0.29, 0.717) is 6.61 Å². The Morgan fingerprint density at radius 3 is 2.89 bits per heavy atom. The molecule has 1 rings (SSSR count). The number of hydrogen-bond acceptors (Lipinski definition) is 4. The summed E-state index contributed by atoms with van der Waals surface area (Å²) in [5, 5.41) is 8.32. The van der Waals surface area contributed by atoms with Crippen LogP contribution >= 0.6 is 0 Å². The molecule has 0 bridgehead atoms. The van der Waals surface area contributed by atoms with Crippen LogP contribution in [0.2, 0.25) is 0 Å². The van der Waals surface area contributed by atoms with Crippen LogP contribution in [0.4, 0.5) is 0 Å². The number of nitrogens with zero attached hydrogens (tertiary/aromatic N) is 1. The highest BCUT2D eigenvalue weighted by Gasteiger charge is 2.00. The molecule has 0 spiro atoms. The number of benzene rings is 1. The molecule has 4 heteroatoms. The third-order valence-corrected chi connectivity index (χ3v) is 2.41. The third kappa shape index (κ3) is 5.26. The van der Waals surface area contributed by atoms with Gasteiger partial charge in [-0.3, -0.25) is 0 Å². The molecule has 0 radical (unpaired) electrons. The normalized spacial score (nSPS) is 10.2. The lowest BCUT2D eigenvalue weighted by Gasteiger charge is -2.06. The second-order valence-electron chi connectivity index (χ2n) is 3.86. The van der Waals surface area contributed by atoms with Crippen molar-refractivity contribution in [2.75, 3.05) is 13.2 Å². The van der Waals surface area contributed by atoms with Gasteiger partial charge in [-0.25, -0.2) is 4.79 Å². The molecule has 1 aromatic rings. The van der Waals surface area contributed by atoms with Crippen molar-refractivity contribution in [2.45, 2.75) is 20.3 Å². The van der Waals surface area contributed by atoms with E-state index in [-0.39, 0.29) is 13.0 Å². The Balaban J connectivity index is 2.61. The van der Waals surface area contributed by atoms with Crippen LogP contribution in [-0.4, -0.2) is 19.2 Å². The molecule has 0 fully saturated rings. The van der Waals surface area contributed by atoms with Gasteiger partial charge in [0.15, 0.2) is 0 Å². The first-order valence-electron chi connectivity index (χ1n) is 6.12. The number of rotatable bonds is 6. The topological polar surface area (TPSA) is 59.3 Å². The summed E-state index contributed by atoms with van der Waals surface area (Å²) in [6, 6.07) is 7.58. The monoisotopic (exact) mass is 259 g/mol. The molecule has 19 heavy (non-hydrogen) atoms. The Hall–Kier alpha value is -2.28. The zero-order valence-electron chi connectivity index (χ0n) is 11.2. The molecule has 0 aliphatic carbocycles. The van der Waals surface area contributed by atoms with Gasteiger partial charge < -0.3 is 9.47 Å². The molecule has 0 saturated carbocycles. The van der Waals surface area contributed by atoms with E-state index in [1.54, 1.807) is 6.08 Å². The highest BCUT2D eigenvalue weighted by atomic mass is 16.5. The summed E-state index contributed by atoms with van der Waals surface area (Å²) in [4.78, 5) is 11.3. The van der Waals surface area contributed by atoms with Gasteiger partial charge in [-0.1, -0.05) is 6.07 Å². The van der Waals surface area contributed by atoms with Crippen molar-refractivity contribution in [1.82, 2.24) is 0 Å². The lowest BCUT2D eigenvalue weighted by Crippen LogP contribution is -2.01. The highest BCUT2D eigenvalue weighted by molar-refractivity contribution is 5.87. The third-order valence-electron chi connectivity index (χ3n) is 2.41. The molecule has 0 aliphatic heterocycles. The molecule has 0 N–H and O–H groups in total. The molecular formula is C15H17NO3. The van der Waals surface area contributed by atoms with Crippen molar-refractivity contribution in [1.29, 1.82) is 5.26 Å². The van der Waals surface area contributed by atoms with E-state index in [4.69, 9.17) is 14.7 Å². The Morgan fingerprint density at radius 2 is 2.26 bits per heavy atom. The number of carbonyl (C=O) groups is 1. The summed E-state index contributed by atoms with van der Waals surface area (Å²) in [5.74, 6) is 0.372. The quantitative estimate of drug-likeness (QED) is 0.448. The lowest BCUT2D eigenvalue weighted by molar-refractivity contribution is -0.137. The van der Waals surface area contributed by atoms with Gasteiger partial charge in [0.05, 0.1) is 19.1 Å². The van der Waals surface area contributed by atoms with E-state index in [2.05, 4.69) is 0 Å². The molecule has 0 amide bonds. The van der Waals surface area contributed by atoms with Crippen LogP contribution in [0.15, 0.2) is 24.3 Å². The van der Waals surface area contributed by atoms with Crippen molar-refractivity contribution >= 4 is 12.0 Å². The van der Waals surface area contributed by atoms with Crippen LogP contribution in [0, 0.1) is 18.3 Å². The van der Waals surface area contributed by atoms with Gasteiger partial charge in [-0.05, 0) is 43.2 Å². The SMILES string of the molecule is CCOc1ccc(/C=C/C(=O)OCCC#N)c(C)c1. The number of esters is 1. The van der Waals surface area contributed by atoms with Crippen LogP contribution < -0.4 is 4.74 Å². The van der Waals surface area contributed by atoms with Crippen molar-refractivity contribution in [3.63, 3.8) is 0 Å². The van der Waals surface area contributed by atoms with Gasteiger partial charge in [0.1, 0.15) is 12.4 Å². The van der Waals surface area contributed by atoms with Crippen LogP contribution in [0.1, 0.15) is 24.5 Å². The maximum Gasteiger partial charge on any atom is 0.330 e. The summed E-state index contributed by atoms with van der Waals surface area (Å²) in [6.07, 6.45) is 3.27. The van der Waals surface area contributed by atoms with E-state index < -0.39 is 5.97 Å². The van der Waals surface area contributed by atoms with E-state index in [0.717, 1.165) is 16.9 Å². The van der Waals surface area contributed by atoms with Crippen LogP contribution in [0.5, 0.6) is 5.75 Å². The predicted octanol–water partition coefficient (Wildman–Crippen LogP) is 2.86. The molecule has 100 valence electrons. The van der Waals surface area contributed by atoms with Crippen LogP contribution in [0.25, 0.3) is 6.08 Å². The first kappa shape index (κ1) is 14.8. The average Bonchev–Trinajstić information content (AvgIpc) is 2.38. The van der Waals surface area contributed by atoms with Crippen LogP contribution in [0.3, 0.4) is 0 Å². The van der Waals surface area contributed by atoms with Gasteiger partial charge in [0, 0.05) is 6.08 Å². The fraction of sp³-hybridized carbons (Fsp3) is 0.333. The molecule has 0 heterocycles. The Labute approximate surface area is 113 Å². The number of aryl methyl sites for hydroxylation is 1. The van der Waals surface area contributed by atoms with E-state index in [9.17, 15) is 4.79 Å². The van der Waals surface area contributed by atoms with Gasteiger partial charge in [-0.2, -0.15) is 5.26 Å². The first-order valence-corrected chi connectivity index (χ1v) is 6.12. The highest BCUT2D eigenvalue weighted by Crippen LogP contribution is 2.18. The van der Waals surface area contributed by atoms with Gasteiger partial charge in [-0.15, -0.1) is 0 Å². The Morgan fingerprint density at radius 1 is 1.47 bits per heavy atom. The maximum atomic E-state index is 11.3. The molecule has 4 nitrogen and oxygen atoms in total. The second kappa shape index (κ2) is 7.93. The molecule has 0 aliphatic rings. The minimum Gasteiger partial charge on any atom is -0.494 e. The van der Waals surface area contributed by atoms with Gasteiger partial charge in [0.25, 0.3) is 0 Å². The summed E-state index contributed by atoms with van der Waals surface area (Å²) in [7, 11) is 0. The van der Waals surface area contributed by atoms with E-state index in [1.165, 1.54) is 6.08 Å². The molecular weight excluding hydrogens is 242 g/mol. The fourth-order valence-corrected chi connectivity index (χ4v) is 1.49. The van der Waals surface area contributed by atoms with Gasteiger partial charge in [0.2, 0.25) is 0 Å². The van der Waals surface area contributed by atoms with Crippen LogP contribution in [-0.2, 0) is 9.53 Å². The first-order chi connectivity index (χ1) is 9.17. The van der Waals surface area contributed by atoms with Crippen molar-refractivity contribution in [2.24, 2.45) is 0 Å². The second-order valence-corrected chi connectivity index (χ2v) is 3.86. The number of carbonyl (C=O) groups excluding carboxylic acids is 1. The summed E-state index contributed by atoms with van der Waals surface area (Å²) in [5.41, 5.74) is 1.95. The molecule has 0 atom stereocenters. The predicted molar refractivity (Wildman–Crippen MR) is 72.6 cm³/mol. The van der Waals surface area contributed by atoms with Crippen molar-refractivity contribution in [3.05, 3.63) is 35.4 Å². The number of ether oxygens (including phenoxy) is 2. The number of nitriles is 1. The fourth-order valence-electron chi connectivity index (χ4n) is 1.49. The lowest BCUT2D eigenvalue weighted by atomic mass is 10.1. The zero-order valence-corrected chi connectivity index (χ0v) is 11.2. The molecule has 0 saturated heterocycles. The minimum atomic E-state index is -0.441. The van der Waals surface area contributed by atoms with Crippen molar-refractivity contribution in [3.8, 4) is 11.8 Å². The van der Waals surface area contributed by atoms with E-state index in [1.807, 2.05) is 38.1 Å². The zero-order chi connectivity index (χ0) is 14.1. The smallest absolute Gasteiger partial charge is 0.330 e. The molecule has 0 unspecified atom stereocenters. The standard InChI is InChI=1S/C15H17NO3/c1-3-18-14-7-5-13(12(2)11-14)6-8-15(17)19-10-4-9-16/h5-8,11H,3-4,10H2,1-2H3/b8-6+. The Bertz CT molecular complexity index is 501. The minimum absolute atomic E-state index is 0.127. The molecule has 0 aromatic heterocycles.